The van der Waals surface area contributed by atoms with Gasteiger partial charge in [-0.05, 0) is 43.9 Å². The summed E-state index contributed by atoms with van der Waals surface area (Å²) in [6.45, 7) is 2.48. The summed E-state index contributed by atoms with van der Waals surface area (Å²) in [6, 6.07) is 4.26. The first-order valence-corrected chi connectivity index (χ1v) is 11.3. The summed E-state index contributed by atoms with van der Waals surface area (Å²) < 4.78 is 22.1. The normalized spacial score (nSPS) is 19.9. The third-order valence-corrected chi connectivity index (χ3v) is 5.92. The lowest BCUT2D eigenvalue weighted by Gasteiger charge is -2.37. The van der Waals surface area contributed by atoms with Gasteiger partial charge in [-0.3, -0.25) is 4.99 Å². The van der Waals surface area contributed by atoms with Crippen molar-refractivity contribution >= 4 is 17.7 Å². The van der Waals surface area contributed by atoms with E-state index >= 15 is 0 Å². The molecule has 1 aromatic carbocycles. The van der Waals surface area contributed by atoms with Crippen LogP contribution in [-0.4, -0.2) is 83.0 Å². The Morgan fingerprint density at radius 1 is 1.00 bits per heavy atom. The Balaban J connectivity index is 0.000000538. The number of carboxylic acids is 2. The highest BCUT2D eigenvalue weighted by molar-refractivity contribution is 6.27. The van der Waals surface area contributed by atoms with Crippen molar-refractivity contribution in [2.45, 2.75) is 44.2 Å². The summed E-state index contributed by atoms with van der Waals surface area (Å²) in [7, 11) is 4.70. The first-order valence-electron chi connectivity index (χ1n) is 11.3. The van der Waals surface area contributed by atoms with Gasteiger partial charge < -0.3 is 34.3 Å². The number of fused-ring (bicyclic) bond motifs is 3. The molecule has 2 heterocycles. The van der Waals surface area contributed by atoms with Gasteiger partial charge in [-0.15, -0.1) is 0 Å². The Morgan fingerprint density at radius 2 is 1.72 bits per heavy atom. The van der Waals surface area contributed by atoms with Crippen molar-refractivity contribution in [1.82, 2.24) is 9.97 Å². The average molecular weight is 504 g/mol. The van der Waals surface area contributed by atoms with Gasteiger partial charge in [0.05, 0.1) is 51.4 Å². The molecule has 194 valence electrons. The zero-order valence-corrected chi connectivity index (χ0v) is 20.4. The lowest BCUT2D eigenvalue weighted by molar-refractivity contribution is -0.159. The molecule has 0 saturated heterocycles. The van der Waals surface area contributed by atoms with E-state index < -0.39 is 11.9 Å². The highest BCUT2D eigenvalue weighted by Crippen LogP contribution is 2.45. The fraction of sp³-hybridized carbons (Fsp3) is 0.458. The molecule has 4 rings (SSSR count). The zero-order valence-electron chi connectivity index (χ0n) is 20.4. The van der Waals surface area contributed by atoms with Crippen molar-refractivity contribution in [3.8, 4) is 23.4 Å². The van der Waals surface area contributed by atoms with Gasteiger partial charge in [0.2, 0.25) is 5.88 Å². The van der Waals surface area contributed by atoms with Crippen molar-refractivity contribution < 1.29 is 43.9 Å². The van der Waals surface area contributed by atoms with Gasteiger partial charge in [-0.1, -0.05) is 0 Å². The maximum atomic E-state index is 10.3. The van der Waals surface area contributed by atoms with E-state index in [1.165, 1.54) is 7.11 Å². The number of aliphatic hydroxyl groups is 1. The molecular formula is C24H29N3O9. The van der Waals surface area contributed by atoms with Crippen LogP contribution in [0.5, 0.6) is 23.4 Å². The molecule has 1 aromatic heterocycles. The lowest BCUT2D eigenvalue weighted by Crippen LogP contribution is -2.34. The number of carbonyl (C=O) groups is 2. The second kappa shape index (κ2) is 11.7. The van der Waals surface area contributed by atoms with E-state index in [1.807, 2.05) is 19.1 Å². The highest BCUT2D eigenvalue weighted by atomic mass is 16.5. The Kier molecular flexibility index (Phi) is 8.64. The standard InChI is InChI=1S/C22H27N3O5.C2H2O4/c1-5-30-19-9-13-14-8-12(26)6-7-17(14)24-20(15(13)10-18(19)27-2)16-11-23-22(29-4)25-21(16)28-3;3-1(4)2(5)6/h9-12,14,17,26H,5-8H2,1-4H3;(H,3,4)(H,5,6)/t12-,14-,17-;/m1./s1. The van der Waals surface area contributed by atoms with Gasteiger partial charge in [0, 0.05) is 17.7 Å². The third kappa shape index (κ3) is 5.65. The predicted octanol–water partition coefficient (Wildman–Crippen LogP) is 1.90. The topological polar surface area (TPSA) is 170 Å². The summed E-state index contributed by atoms with van der Waals surface area (Å²) in [4.78, 5) is 31.9. The number of nitrogens with zero attached hydrogens (tertiary/aromatic N) is 3. The number of methoxy groups -OCH3 is 3. The summed E-state index contributed by atoms with van der Waals surface area (Å²) in [5.41, 5.74) is 3.45. The average Bonchev–Trinajstić information content (AvgIpc) is 2.88. The number of hydrogen-bond acceptors (Lipinski definition) is 10. The molecule has 1 aliphatic heterocycles. The van der Waals surface area contributed by atoms with Crippen LogP contribution in [0.3, 0.4) is 0 Å². The van der Waals surface area contributed by atoms with Crippen molar-refractivity contribution in [2.24, 2.45) is 4.99 Å². The number of aliphatic hydroxyl groups excluding tert-OH is 1. The van der Waals surface area contributed by atoms with Gasteiger partial charge in [0.15, 0.2) is 11.5 Å². The summed E-state index contributed by atoms with van der Waals surface area (Å²) >= 11 is 0. The number of rotatable bonds is 6. The molecule has 0 bridgehead atoms. The molecule has 1 aliphatic carbocycles. The Labute approximate surface area is 207 Å². The first-order chi connectivity index (χ1) is 17.2. The van der Waals surface area contributed by atoms with E-state index in [-0.39, 0.29) is 24.1 Å². The number of carboxylic acid groups (broad SMARTS) is 2. The third-order valence-electron chi connectivity index (χ3n) is 5.92. The molecule has 3 N–H and O–H groups in total. The van der Waals surface area contributed by atoms with Gasteiger partial charge in [0.25, 0.3) is 0 Å². The van der Waals surface area contributed by atoms with E-state index in [2.05, 4.69) is 9.97 Å². The molecule has 0 spiro atoms. The fourth-order valence-corrected chi connectivity index (χ4v) is 4.35. The van der Waals surface area contributed by atoms with Gasteiger partial charge in [-0.2, -0.15) is 4.98 Å². The van der Waals surface area contributed by atoms with Crippen molar-refractivity contribution in [2.75, 3.05) is 27.9 Å². The molecule has 1 fully saturated rings. The van der Waals surface area contributed by atoms with Crippen molar-refractivity contribution in [3.05, 3.63) is 35.0 Å². The summed E-state index contributed by atoms with van der Waals surface area (Å²) in [5, 5.41) is 25.1. The number of ether oxygens (including phenoxy) is 4. The van der Waals surface area contributed by atoms with Crippen LogP contribution in [0.2, 0.25) is 0 Å². The van der Waals surface area contributed by atoms with Crippen LogP contribution in [0.1, 0.15) is 48.8 Å². The number of aliphatic imine (C=N–C) groups is 1. The van der Waals surface area contributed by atoms with Crippen molar-refractivity contribution in [3.63, 3.8) is 0 Å². The molecule has 0 amide bonds. The van der Waals surface area contributed by atoms with Crippen LogP contribution in [0.15, 0.2) is 23.3 Å². The van der Waals surface area contributed by atoms with Crippen LogP contribution in [0.4, 0.5) is 0 Å². The predicted molar refractivity (Wildman–Crippen MR) is 127 cm³/mol. The molecule has 2 aromatic rings. The molecule has 1 saturated carbocycles. The van der Waals surface area contributed by atoms with E-state index in [4.69, 9.17) is 43.7 Å². The molecule has 12 heteroatoms. The van der Waals surface area contributed by atoms with Crippen LogP contribution in [-0.2, 0) is 9.59 Å². The van der Waals surface area contributed by atoms with E-state index in [0.29, 0.717) is 36.0 Å². The largest absolute Gasteiger partial charge is 0.493 e. The minimum Gasteiger partial charge on any atom is -0.493 e. The SMILES string of the molecule is CCOc1cc2c(cc1OC)C(c1cnc(OC)nc1OC)=N[C@@H]1CC[C@@H](O)C[C@H]21.O=C(O)C(=O)O. The van der Waals surface area contributed by atoms with Gasteiger partial charge in [0.1, 0.15) is 0 Å². The quantitative estimate of drug-likeness (QED) is 0.492. The molecular weight excluding hydrogens is 474 g/mol. The second-order valence-corrected chi connectivity index (χ2v) is 8.03. The minimum absolute atomic E-state index is 0.0607. The summed E-state index contributed by atoms with van der Waals surface area (Å²) in [6.07, 6.45) is 3.56. The molecule has 36 heavy (non-hydrogen) atoms. The molecule has 2 aliphatic rings. The number of aromatic nitrogens is 2. The zero-order chi connectivity index (χ0) is 26.4. The fourth-order valence-electron chi connectivity index (χ4n) is 4.35. The van der Waals surface area contributed by atoms with E-state index in [1.54, 1.807) is 20.4 Å². The minimum atomic E-state index is -1.82. The maximum absolute atomic E-state index is 10.3. The van der Waals surface area contributed by atoms with Gasteiger partial charge in [-0.25, -0.2) is 14.6 Å². The van der Waals surface area contributed by atoms with Crippen LogP contribution >= 0.6 is 0 Å². The Morgan fingerprint density at radius 3 is 2.31 bits per heavy atom. The second-order valence-electron chi connectivity index (χ2n) is 8.03. The monoisotopic (exact) mass is 503 g/mol. The highest BCUT2D eigenvalue weighted by Gasteiger charge is 2.38. The molecule has 0 radical (unpaired) electrons. The smallest absolute Gasteiger partial charge is 0.414 e. The number of aliphatic carboxylic acids is 2. The molecule has 12 nitrogen and oxygen atoms in total. The summed E-state index contributed by atoms with van der Waals surface area (Å²) in [5.74, 6) is -1.82. The number of benzene rings is 1. The van der Waals surface area contributed by atoms with Crippen molar-refractivity contribution in [1.29, 1.82) is 0 Å². The Bertz CT molecular complexity index is 1140. The first kappa shape index (κ1) is 26.7. The Hall–Kier alpha value is -3.93. The maximum Gasteiger partial charge on any atom is 0.414 e. The number of hydrogen-bond donors (Lipinski definition) is 3. The lowest BCUT2D eigenvalue weighted by atomic mass is 9.74. The van der Waals surface area contributed by atoms with Crippen LogP contribution in [0.25, 0.3) is 0 Å². The van der Waals surface area contributed by atoms with Gasteiger partial charge >= 0.3 is 17.9 Å². The van der Waals surface area contributed by atoms with E-state index in [9.17, 15) is 5.11 Å². The van der Waals surface area contributed by atoms with E-state index in [0.717, 1.165) is 29.7 Å². The van der Waals surface area contributed by atoms with Crippen LogP contribution < -0.4 is 18.9 Å². The molecule has 3 atom stereocenters. The molecule has 0 unspecified atom stereocenters. The van der Waals surface area contributed by atoms with Crippen LogP contribution in [0, 0.1) is 0 Å².